The van der Waals surface area contributed by atoms with Crippen molar-refractivity contribution in [1.82, 2.24) is 24.8 Å². The van der Waals surface area contributed by atoms with Crippen molar-refractivity contribution < 1.29 is 5.11 Å². The van der Waals surface area contributed by atoms with Crippen molar-refractivity contribution in [3.8, 4) is 22.7 Å². The van der Waals surface area contributed by atoms with Gasteiger partial charge in [-0.3, -0.25) is 9.97 Å². The van der Waals surface area contributed by atoms with E-state index in [4.69, 9.17) is 0 Å². The van der Waals surface area contributed by atoms with Crippen molar-refractivity contribution in [3.63, 3.8) is 0 Å². The number of phenols is 1. The van der Waals surface area contributed by atoms with Crippen molar-refractivity contribution in [3.05, 3.63) is 60.6 Å². The lowest BCUT2D eigenvalue weighted by Gasteiger charge is -2.14. The molecule has 25 heavy (non-hydrogen) atoms. The number of nitrogens with one attached hydrogen (secondary N) is 1. The lowest BCUT2D eigenvalue weighted by Crippen LogP contribution is -2.22. The second-order valence-electron chi connectivity index (χ2n) is 6.05. The molecule has 6 heteroatoms. The largest absolute Gasteiger partial charge is 0.507 e. The van der Waals surface area contributed by atoms with E-state index in [1.54, 1.807) is 31.0 Å². The number of aromatic nitrogens is 4. The predicted octanol–water partition coefficient (Wildman–Crippen LogP) is 2.80. The van der Waals surface area contributed by atoms with Crippen LogP contribution in [0.2, 0.25) is 0 Å². The SMILES string of the molecule is Oc1cc(-n2ccnc2)ccc1-c1cnc(C=C2CCNCC2)cn1. The van der Waals surface area contributed by atoms with Gasteiger partial charge >= 0.3 is 0 Å². The summed E-state index contributed by atoms with van der Waals surface area (Å²) in [7, 11) is 0. The van der Waals surface area contributed by atoms with Gasteiger partial charge in [-0.2, -0.15) is 0 Å². The molecule has 3 heterocycles. The number of nitrogens with zero attached hydrogens (tertiary/aromatic N) is 4. The quantitative estimate of drug-likeness (QED) is 0.771. The third kappa shape index (κ3) is 3.44. The van der Waals surface area contributed by atoms with Crippen LogP contribution >= 0.6 is 0 Å². The average Bonchev–Trinajstić information content (AvgIpc) is 3.18. The Morgan fingerprint density at radius 3 is 2.68 bits per heavy atom. The summed E-state index contributed by atoms with van der Waals surface area (Å²) in [6.45, 7) is 2.04. The van der Waals surface area contributed by atoms with E-state index in [9.17, 15) is 5.11 Å². The van der Waals surface area contributed by atoms with Crippen LogP contribution in [0, 0.1) is 0 Å². The number of piperidine rings is 1. The van der Waals surface area contributed by atoms with Crippen LogP contribution in [-0.4, -0.2) is 37.7 Å². The molecule has 0 amide bonds. The van der Waals surface area contributed by atoms with Gasteiger partial charge in [0.1, 0.15) is 5.75 Å². The minimum atomic E-state index is 0.171. The third-order valence-corrected chi connectivity index (χ3v) is 4.33. The van der Waals surface area contributed by atoms with E-state index in [2.05, 4.69) is 26.3 Å². The Morgan fingerprint density at radius 2 is 2.00 bits per heavy atom. The van der Waals surface area contributed by atoms with Crippen molar-refractivity contribution >= 4 is 6.08 Å². The van der Waals surface area contributed by atoms with Gasteiger partial charge in [-0.25, -0.2) is 4.98 Å². The summed E-state index contributed by atoms with van der Waals surface area (Å²) in [6.07, 6.45) is 12.9. The maximum absolute atomic E-state index is 10.4. The minimum Gasteiger partial charge on any atom is -0.507 e. The summed E-state index contributed by atoms with van der Waals surface area (Å²) < 4.78 is 1.84. The zero-order chi connectivity index (χ0) is 17.1. The molecule has 1 aliphatic rings. The van der Waals surface area contributed by atoms with Gasteiger partial charge in [0.05, 0.1) is 35.8 Å². The number of imidazole rings is 1. The van der Waals surface area contributed by atoms with Crippen LogP contribution in [0.15, 0.2) is 54.9 Å². The van der Waals surface area contributed by atoms with Crippen LogP contribution in [-0.2, 0) is 0 Å². The van der Waals surface area contributed by atoms with E-state index in [0.29, 0.717) is 11.3 Å². The van der Waals surface area contributed by atoms with Gasteiger partial charge in [-0.05, 0) is 44.1 Å². The summed E-state index contributed by atoms with van der Waals surface area (Å²) in [5.74, 6) is 0.171. The zero-order valence-corrected chi connectivity index (χ0v) is 13.8. The molecular weight excluding hydrogens is 314 g/mol. The van der Waals surface area contributed by atoms with Crippen molar-refractivity contribution in [2.24, 2.45) is 0 Å². The highest BCUT2D eigenvalue weighted by Crippen LogP contribution is 2.29. The molecule has 3 aromatic rings. The summed E-state index contributed by atoms with van der Waals surface area (Å²) in [5.41, 5.74) is 4.42. The Labute approximate surface area is 145 Å². The van der Waals surface area contributed by atoms with Crippen LogP contribution in [0.5, 0.6) is 5.75 Å². The van der Waals surface area contributed by atoms with E-state index in [1.807, 2.05) is 22.9 Å². The Bertz CT molecular complexity index is 877. The number of hydrogen-bond acceptors (Lipinski definition) is 5. The minimum absolute atomic E-state index is 0.171. The molecule has 0 saturated carbocycles. The fraction of sp³-hybridized carbons (Fsp3) is 0.211. The van der Waals surface area contributed by atoms with Crippen LogP contribution in [0.3, 0.4) is 0 Å². The van der Waals surface area contributed by atoms with Crippen LogP contribution < -0.4 is 5.32 Å². The molecule has 0 radical (unpaired) electrons. The summed E-state index contributed by atoms with van der Waals surface area (Å²) in [5, 5.41) is 13.7. The third-order valence-electron chi connectivity index (χ3n) is 4.33. The predicted molar refractivity (Wildman–Crippen MR) is 96.3 cm³/mol. The fourth-order valence-corrected chi connectivity index (χ4v) is 2.96. The van der Waals surface area contributed by atoms with Crippen LogP contribution in [0.25, 0.3) is 23.0 Å². The lowest BCUT2D eigenvalue weighted by molar-refractivity contribution is 0.477. The summed E-state index contributed by atoms with van der Waals surface area (Å²) >= 11 is 0. The Hall–Kier alpha value is -2.99. The molecule has 1 aliphatic heterocycles. The average molecular weight is 333 g/mol. The van der Waals surface area contributed by atoms with Gasteiger partial charge in [-0.1, -0.05) is 5.57 Å². The smallest absolute Gasteiger partial charge is 0.127 e. The number of phenolic OH excluding ortho intramolecular Hbond substituents is 1. The molecule has 2 aromatic heterocycles. The van der Waals surface area contributed by atoms with Crippen LogP contribution in [0.4, 0.5) is 0 Å². The lowest BCUT2D eigenvalue weighted by atomic mass is 10.0. The molecule has 0 aliphatic carbocycles. The molecule has 4 rings (SSSR count). The summed E-state index contributed by atoms with van der Waals surface area (Å²) in [6, 6.07) is 5.46. The van der Waals surface area contributed by atoms with E-state index in [1.165, 1.54) is 5.57 Å². The van der Waals surface area contributed by atoms with Gasteiger partial charge in [-0.15, -0.1) is 0 Å². The molecule has 0 unspecified atom stereocenters. The molecule has 1 fully saturated rings. The number of hydrogen-bond donors (Lipinski definition) is 2. The molecule has 0 bridgehead atoms. The van der Waals surface area contributed by atoms with Crippen molar-refractivity contribution in [2.45, 2.75) is 12.8 Å². The molecule has 1 saturated heterocycles. The number of rotatable bonds is 3. The molecule has 2 N–H and O–H groups in total. The van der Waals surface area contributed by atoms with Gasteiger partial charge in [0.25, 0.3) is 0 Å². The van der Waals surface area contributed by atoms with E-state index in [-0.39, 0.29) is 5.75 Å². The zero-order valence-electron chi connectivity index (χ0n) is 13.8. The summed E-state index contributed by atoms with van der Waals surface area (Å²) in [4.78, 5) is 13.0. The molecule has 0 spiro atoms. The molecule has 126 valence electrons. The first kappa shape index (κ1) is 15.5. The maximum atomic E-state index is 10.4. The van der Waals surface area contributed by atoms with E-state index < -0.39 is 0 Å². The Balaban J connectivity index is 1.57. The van der Waals surface area contributed by atoms with E-state index in [0.717, 1.165) is 37.3 Å². The molecular formula is C19H19N5O. The highest BCUT2D eigenvalue weighted by atomic mass is 16.3. The first-order valence-electron chi connectivity index (χ1n) is 8.33. The monoisotopic (exact) mass is 333 g/mol. The molecule has 0 atom stereocenters. The molecule has 1 aromatic carbocycles. The van der Waals surface area contributed by atoms with Gasteiger partial charge in [0.2, 0.25) is 0 Å². The molecule has 6 nitrogen and oxygen atoms in total. The van der Waals surface area contributed by atoms with Crippen molar-refractivity contribution in [2.75, 3.05) is 13.1 Å². The normalized spacial score (nSPS) is 14.5. The standard InChI is InChI=1S/C19H19N5O/c25-19-10-16(24-8-7-21-13-24)1-2-17(19)18-12-22-15(11-23-18)9-14-3-5-20-6-4-14/h1-2,7-13,20,25H,3-6H2. The topological polar surface area (TPSA) is 75.9 Å². The fourth-order valence-electron chi connectivity index (χ4n) is 2.96. The first-order chi connectivity index (χ1) is 12.3. The number of aromatic hydroxyl groups is 1. The van der Waals surface area contributed by atoms with Gasteiger partial charge in [0, 0.05) is 24.0 Å². The van der Waals surface area contributed by atoms with Crippen molar-refractivity contribution in [1.29, 1.82) is 0 Å². The van der Waals surface area contributed by atoms with Crippen LogP contribution in [0.1, 0.15) is 18.5 Å². The second kappa shape index (κ2) is 6.86. The maximum Gasteiger partial charge on any atom is 0.127 e. The second-order valence-corrected chi connectivity index (χ2v) is 6.05. The first-order valence-corrected chi connectivity index (χ1v) is 8.33. The highest BCUT2D eigenvalue weighted by molar-refractivity contribution is 5.68. The Morgan fingerprint density at radius 1 is 1.12 bits per heavy atom. The van der Waals surface area contributed by atoms with Gasteiger partial charge < -0.3 is 15.0 Å². The Kier molecular flexibility index (Phi) is 4.26. The number of benzene rings is 1. The van der Waals surface area contributed by atoms with E-state index >= 15 is 0 Å². The van der Waals surface area contributed by atoms with Gasteiger partial charge in [0.15, 0.2) is 0 Å². The highest BCUT2D eigenvalue weighted by Gasteiger charge is 2.09.